The average Bonchev–Trinajstić information content (AvgIpc) is 2.69. The van der Waals surface area contributed by atoms with Gasteiger partial charge < -0.3 is 9.88 Å². The van der Waals surface area contributed by atoms with E-state index in [2.05, 4.69) is 17.0 Å². The first-order chi connectivity index (χ1) is 8.90. The second-order valence-electron chi connectivity index (χ2n) is 4.97. The third kappa shape index (κ3) is 4.63. The van der Waals surface area contributed by atoms with Crippen LogP contribution in [0.15, 0.2) is 17.2 Å². The Labute approximate surface area is 116 Å². The molecule has 0 aliphatic carbocycles. The summed E-state index contributed by atoms with van der Waals surface area (Å²) in [6.45, 7) is 4.66. The predicted octanol–water partition coefficient (Wildman–Crippen LogP) is 1.60. The fourth-order valence-corrected chi connectivity index (χ4v) is 3.35. The molecule has 0 bridgehead atoms. The van der Waals surface area contributed by atoms with Gasteiger partial charge in [-0.15, -0.1) is 0 Å². The molecule has 0 saturated carbocycles. The highest BCUT2D eigenvalue weighted by Crippen LogP contribution is 2.14. The van der Waals surface area contributed by atoms with Gasteiger partial charge in [-0.25, -0.2) is 13.1 Å². The lowest BCUT2D eigenvalue weighted by Crippen LogP contribution is -2.32. The Hall–Kier alpha value is -0.850. The van der Waals surface area contributed by atoms with Crippen molar-refractivity contribution < 1.29 is 8.42 Å². The van der Waals surface area contributed by atoms with E-state index in [1.807, 2.05) is 25.6 Å². The molecule has 1 aromatic heterocycles. The molecule has 6 heteroatoms. The molecule has 5 nitrogen and oxygen atoms in total. The highest BCUT2D eigenvalue weighted by molar-refractivity contribution is 7.89. The van der Waals surface area contributed by atoms with Crippen LogP contribution in [-0.2, 0) is 23.6 Å². The minimum absolute atomic E-state index is 0.0297. The summed E-state index contributed by atoms with van der Waals surface area (Å²) in [6.07, 6.45) is 4.63. The zero-order valence-corrected chi connectivity index (χ0v) is 13.0. The van der Waals surface area contributed by atoms with Crippen LogP contribution in [0.4, 0.5) is 0 Å². The number of hydrogen-bond acceptors (Lipinski definition) is 3. The summed E-state index contributed by atoms with van der Waals surface area (Å²) < 4.78 is 29.0. The molecule has 1 rings (SSSR count). The molecule has 19 heavy (non-hydrogen) atoms. The Morgan fingerprint density at radius 2 is 2.11 bits per heavy atom. The smallest absolute Gasteiger partial charge is 0.242 e. The zero-order valence-electron chi connectivity index (χ0n) is 12.2. The summed E-state index contributed by atoms with van der Waals surface area (Å²) in [7, 11) is 0.284. The Morgan fingerprint density at radius 3 is 2.68 bits per heavy atom. The summed E-state index contributed by atoms with van der Waals surface area (Å²) in [5.41, 5.74) is 0.948. The van der Waals surface area contributed by atoms with E-state index in [0.717, 1.165) is 25.0 Å². The molecule has 1 aromatic rings. The van der Waals surface area contributed by atoms with E-state index < -0.39 is 10.0 Å². The van der Waals surface area contributed by atoms with E-state index in [-0.39, 0.29) is 6.04 Å². The highest BCUT2D eigenvalue weighted by atomic mass is 32.2. The quantitative estimate of drug-likeness (QED) is 0.763. The van der Waals surface area contributed by atoms with Crippen LogP contribution in [0.25, 0.3) is 0 Å². The number of sulfonamides is 1. The van der Waals surface area contributed by atoms with Gasteiger partial charge in [0, 0.05) is 31.5 Å². The number of nitrogens with one attached hydrogen (secondary N) is 2. The molecule has 0 aromatic carbocycles. The first-order valence-electron chi connectivity index (χ1n) is 6.73. The van der Waals surface area contributed by atoms with Crippen LogP contribution < -0.4 is 10.0 Å². The van der Waals surface area contributed by atoms with Crippen LogP contribution in [-0.4, -0.2) is 26.1 Å². The molecule has 1 heterocycles. The maximum absolute atomic E-state index is 12.2. The summed E-state index contributed by atoms with van der Waals surface area (Å²) in [5.74, 6) is 0. The lowest BCUT2D eigenvalue weighted by atomic mass is 10.2. The summed E-state index contributed by atoms with van der Waals surface area (Å²) >= 11 is 0. The SMILES string of the molecule is CCCCC(C)NS(=O)(=O)c1cc(CNC)n(C)c1. The van der Waals surface area contributed by atoms with Crippen LogP contribution in [0, 0.1) is 0 Å². The Morgan fingerprint density at radius 1 is 1.42 bits per heavy atom. The second-order valence-corrected chi connectivity index (χ2v) is 6.69. The number of nitrogens with zero attached hydrogens (tertiary/aromatic N) is 1. The third-order valence-electron chi connectivity index (χ3n) is 3.10. The van der Waals surface area contributed by atoms with Gasteiger partial charge in [-0.3, -0.25) is 0 Å². The van der Waals surface area contributed by atoms with E-state index in [4.69, 9.17) is 0 Å². The van der Waals surface area contributed by atoms with Gasteiger partial charge >= 0.3 is 0 Å². The van der Waals surface area contributed by atoms with Crippen LogP contribution >= 0.6 is 0 Å². The molecule has 0 amide bonds. The van der Waals surface area contributed by atoms with Crippen LogP contribution in [0.1, 0.15) is 38.8 Å². The molecule has 2 N–H and O–H groups in total. The average molecular weight is 287 g/mol. The lowest BCUT2D eigenvalue weighted by Gasteiger charge is -2.12. The molecule has 110 valence electrons. The van der Waals surface area contributed by atoms with E-state index in [1.165, 1.54) is 0 Å². The monoisotopic (exact) mass is 287 g/mol. The molecular formula is C13H25N3O2S. The van der Waals surface area contributed by atoms with Gasteiger partial charge in [0.05, 0.1) is 4.90 Å². The van der Waals surface area contributed by atoms with Gasteiger partial charge in [0.1, 0.15) is 0 Å². The van der Waals surface area contributed by atoms with E-state index in [0.29, 0.717) is 11.4 Å². The van der Waals surface area contributed by atoms with Gasteiger partial charge in [-0.05, 0) is 26.5 Å². The Balaban J connectivity index is 2.79. The molecular weight excluding hydrogens is 262 g/mol. The zero-order chi connectivity index (χ0) is 14.5. The molecule has 0 aliphatic rings. The van der Waals surface area contributed by atoms with Gasteiger partial charge in [-0.1, -0.05) is 19.8 Å². The summed E-state index contributed by atoms with van der Waals surface area (Å²) in [4.78, 5) is 0.337. The Bertz CT molecular complexity index is 494. The number of aromatic nitrogens is 1. The lowest BCUT2D eigenvalue weighted by molar-refractivity contribution is 0.534. The van der Waals surface area contributed by atoms with Crippen LogP contribution in [0.2, 0.25) is 0 Å². The Kier molecular flexibility index (Phi) is 6.03. The van der Waals surface area contributed by atoms with Crippen molar-refractivity contribution in [3.8, 4) is 0 Å². The maximum atomic E-state index is 12.2. The molecule has 0 saturated heterocycles. The summed E-state index contributed by atoms with van der Waals surface area (Å²) in [6, 6.07) is 1.68. The standard InChI is InChI=1S/C13H25N3O2S/c1-5-6-7-11(2)15-19(17,18)13-8-12(9-14-3)16(4)10-13/h8,10-11,14-15H,5-7,9H2,1-4H3. The van der Waals surface area contributed by atoms with Crippen molar-refractivity contribution in [2.45, 2.75) is 50.6 Å². The number of hydrogen-bond donors (Lipinski definition) is 2. The van der Waals surface area contributed by atoms with Gasteiger partial charge in [0.25, 0.3) is 0 Å². The van der Waals surface area contributed by atoms with Crippen molar-refractivity contribution >= 4 is 10.0 Å². The van der Waals surface area contributed by atoms with Gasteiger partial charge in [0.15, 0.2) is 0 Å². The summed E-state index contributed by atoms with van der Waals surface area (Å²) in [5, 5.41) is 3.02. The highest BCUT2D eigenvalue weighted by Gasteiger charge is 2.19. The van der Waals surface area contributed by atoms with E-state index >= 15 is 0 Å². The fourth-order valence-electron chi connectivity index (χ4n) is 1.98. The number of unbranched alkanes of at least 4 members (excludes halogenated alkanes) is 1. The molecule has 0 radical (unpaired) electrons. The first-order valence-corrected chi connectivity index (χ1v) is 8.21. The topological polar surface area (TPSA) is 63.1 Å². The molecule has 0 fully saturated rings. The normalized spacial score (nSPS) is 13.7. The second kappa shape index (κ2) is 7.07. The van der Waals surface area contributed by atoms with Crippen molar-refractivity contribution in [1.82, 2.24) is 14.6 Å². The van der Waals surface area contributed by atoms with Crippen molar-refractivity contribution in [3.05, 3.63) is 18.0 Å². The van der Waals surface area contributed by atoms with Crippen molar-refractivity contribution in [1.29, 1.82) is 0 Å². The fraction of sp³-hybridized carbons (Fsp3) is 0.692. The molecule has 1 atom stereocenters. The van der Waals surface area contributed by atoms with Gasteiger partial charge in [-0.2, -0.15) is 0 Å². The number of aryl methyl sites for hydroxylation is 1. The van der Waals surface area contributed by atoms with E-state index in [1.54, 1.807) is 12.3 Å². The maximum Gasteiger partial charge on any atom is 0.242 e. The van der Waals surface area contributed by atoms with Gasteiger partial charge in [0.2, 0.25) is 10.0 Å². The first kappa shape index (κ1) is 16.2. The van der Waals surface area contributed by atoms with Crippen molar-refractivity contribution in [2.24, 2.45) is 7.05 Å². The largest absolute Gasteiger partial charge is 0.352 e. The minimum Gasteiger partial charge on any atom is -0.352 e. The molecule has 0 spiro atoms. The number of rotatable bonds is 8. The van der Waals surface area contributed by atoms with Crippen LogP contribution in [0.5, 0.6) is 0 Å². The van der Waals surface area contributed by atoms with Crippen LogP contribution in [0.3, 0.4) is 0 Å². The van der Waals surface area contributed by atoms with Crippen molar-refractivity contribution in [2.75, 3.05) is 7.05 Å². The van der Waals surface area contributed by atoms with E-state index in [9.17, 15) is 8.42 Å². The predicted molar refractivity (Wildman–Crippen MR) is 77.5 cm³/mol. The molecule has 1 unspecified atom stereocenters. The minimum atomic E-state index is -3.41. The third-order valence-corrected chi connectivity index (χ3v) is 4.65. The molecule has 0 aliphatic heterocycles. The van der Waals surface area contributed by atoms with Crippen molar-refractivity contribution in [3.63, 3.8) is 0 Å².